The third kappa shape index (κ3) is 5.11. The van der Waals surface area contributed by atoms with E-state index in [9.17, 15) is 9.59 Å². The number of carbonyl (C=O) groups excluding carboxylic acids is 2. The summed E-state index contributed by atoms with van der Waals surface area (Å²) < 4.78 is 0. The molecular formula is C19H24N4O2. The lowest BCUT2D eigenvalue weighted by molar-refractivity contribution is 0.101. The summed E-state index contributed by atoms with van der Waals surface area (Å²) in [5, 5.41) is 11.0. The minimum Gasteiger partial charge on any atom is -0.355 e. The number of carbonyl (C=O) groups is 2. The Morgan fingerprint density at radius 1 is 0.960 bits per heavy atom. The summed E-state index contributed by atoms with van der Waals surface area (Å²) >= 11 is 0. The van der Waals surface area contributed by atoms with Gasteiger partial charge >= 0.3 is 0 Å². The van der Waals surface area contributed by atoms with E-state index in [1.807, 2.05) is 6.07 Å². The first-order valence-corrected chi connectivity index (χ1v) is 8.56. The van der Waals surface area contributed by atoms with Crippen molar-refractivity contribution in [1.82, 2.24) is 10.2 Å². The van der Waals surface area contributed by atoms with Crippen LogP contribution in [0.2, 0.25) is 0 Å². The van der Waals surface area contributed by atoms with E-state index in [2.05, 4.69) is 34.3 Å². The standard InChI is InChI=1S/C19H24N4O2/c1-4-12-23(13-5-2)18-11-10-17(21-22-18)19(25)20-16-8-6-15(7-9-16)14(3)24/h6-11H,4-5,12-13H2,1-3H3,(H,20,25). The fraction of sp³-hybridized carbons (Fsp3) is 0.368. The highest BCUT2D eigenvalue weighted by molar-refractivity contribution is 6.03. The van der Waals surface area contributed by atoms with Crippen molar-refractivity contribution in [3.8, 4) is 0 Å². The molecule has 1 aromatic heterocycles. The summed E-state index contributed by atoms with van der Waals surface area (Å²) in [5.41, 5.74) is 1.47. The van der Waals surface area contributed by atoms with E-state index in [-0.39, 0.29) is 17.4 Å². The van der Waals surface area contributed by atoms with Crippen LogP contribution >= 0.6 is 0 Å². The maximum Gasteiger partial charge on any atom is 0.276 e. The number of amides is 1. The Bertz CT molecular complexity index is 705. The van der Waals surface area contributed by atoms with Crippen LogP contribution in [-0.4, -0.2) is 35.0 Å². The van der Waals surface area contributed by atoms with E-state index < -0.39 is 0 Å². The molecule has 1 aromatic carbocycles. The number of hydrogen-bond donors (Lipinski definition) is 1. The number of nitrogens with zero attached hydrogens (tertiary/aromatic N) is 3. The van der Waals surface area contributed by atoms with Crippen molar-refractivity contribution in [1.29, 1.82) is 0 Å². The molecule has 6 nitrogen and oxygen atoms in total. The van der Waals surface area contributed by atoms with Gasteiger partial charge in [0.05, 0.1) is 0 Å². The highest BCUT2D eigenvalue weighted by atomic mass is 16.2. The second kappa shape index (κ2) is 8.92. The molecule has 0 aliphatic heterocycles. The average Bonchev–Trinajstić information content (AvgIpc) is 2.62. The second-order valence-electron chi connectivity index (χ2n) is 5.85. The zero-order chi connectivity index (χ0) is 18.2. The molecule has 0 bridgehead atoms. The van der Waals surface area contributed by atoms with Gasteiger partial charge in [-0.2, -0.15) is 0 Å². The lowest BCUT2D eigenvalue weighted by atomic mass is 10.1. The van der Waals surface area contributed by atoms with E-state index in [0.717, 1.165) is 31.7 Å². The molecule has 0 aliphatic carbocycles. The topological polar surface area (TPSA) is 75.2 Å². The van der Waals surface area contributed by atoms with Crippen LogP contribution in [-0.2, 0) is 0 Å². The maximum atomic E-state index is 12.3. The second-order valence-corrected chi connectivity index (χ2v) is 5.85. The molecule has 2 aromatic rings. The average molecular weight is 340 g/mol. The molecular weight excluding hydrogens is 316 g/mol. The monoisotopic (exact) mass is 340 g/mol. The Hall–Kier alpha value is -2.76. The van der Waals surface area contributed by atoms with Crippen molar-refractivity contribution in [3.05, 3.63) is 47.7 Å². The molecule has 0 saturated heterocycles. The quantitative estimate of drug-likeness (QED) is 0.744. The lowest BCUT2D eigenvalue weighted by Gasteiger charge is -2.21. The summed E-state index contributed by atoms with van der Waals surface area (Å²) in [7, 11) is 0. The number of benzene rings is 1. The molecule has 0 radical (unpaired) electrons. The Morgan fingerprint density at radius 2 is 1.60 bits per heavy atom. The summed E-state index contributed by atoms with van der Waals surface area (Å²) in [6.07, 6.45) is 2.06. The number of ketones is 1. The van der Waals surface area contributed by atoms with E-state index in [1.165, 1.54) is 6.92 Å². The van der Waals surface area contributed by atoms with Gasteiger partial charge in [-0.3, -0.25) is 9.59 Å². The van der Waals surface area contributed by atoms with Crippen molar-refractivity contribution in [2.75, 3.05) is 23.3 Å². The molecule has 1 amide bonds. The predicted molar refractivity (Wildman–Crippen MR) is 99.2 cm³/mol. The van der Waals surface area contributed by atoms with Gasteiger partial charge in [0.1, 0.15) is 0 Å². The van der Waals surface area contributed by atoms with Crippen molar-refractivity contribution in [3.63, 3.8) is 0 Å². The summed E-state index contributed by atoms with van der Waals surface area (Å²) in [6, 6.07) is 10.3. The SMILES string of the molecule is CCCN(CCC)c1ccc(C(=O)Nc2ccc(C(C)=O)cc2)nn1. The van der Waals surface area contributed by atoms with Gasteiger partial charge in [-0.05, 0) is 56.2 Å². The third-order valence-electron chi connectivity index (χ3n) is 3.74. The number of Topliss-reactive ketones (excluding diaryl/α,β-unsaturated/α-hetero) is 1. The van der Waals surface area contributed by atoms with Gasteiger partial charge in [-0.1, -0.05) is 13.8 Å². The normalized spacial score (nSPS) is 10.4. The fourth-order valence-corrected chi connectivity index (χ4v) is 2.48. The molecule has 1 N–H and O–H groups in total. The number of aromatic nitrogens is 2. The van der Waals surface area contributed by atoms with Crippen molar-refractivity contribution < 1.29 is 9.59 Å². The molecule has 132 valence electrons. The van der Waals surface area contributed by atoms with Crippen molar-refractivity contribution in [2.45, 2.75) is 33.6 Å². The Balaban J connectivity index is 2.05. The molecule has 6 heteroatoms. The molecule has 0 aliphatic rings. The third-order valence-corrected chi connectivity index (χ3v) is 3.74. The summed E-state index contributed by atoms with van der Waals surface area (Å²) in [6.45, 7) is 7.57. The number of rotatable bonds is 8. The van der Waals surface area contributed by atoms with Crippen LogP contribution in [0.3, 0.4) is 0 Å². The summed E-state index contributed by atoms with van der Waals surface area (Å²) in [4.78, 5) is 25.7. The van der Waals surface area contributed by atoms with Crippen LogP contribution in [0.1, 0.15) is 54.5 Å². The van der Waals surface area contributed by atoms with E-state index in [1.54, 1.807) is 30.3 Å². The van der Waals surface area contributed by atoms with Gasteiger partial charge in [0.15, 0.2) is 17.3 Å². The molecule has 0 saturated carbocycles. The Morgan fingerprint density at radius 3 is 2.08 bits per heavy atom. The number of hydrogen-bond acceptors (Lipinski definition) is 5. The number of nitrogens with one attached hydrogen (secondary N) is 1. The van der Waals surface area contributed by atoms with Gasteiger partial charge in [-0.25, -0.2) is 0 Å². The predicted octanol–water partition coefficient (Wildman–Crippen LogP) is 3.56. The highest BCUT2D eigenvalue weighted by Gasteiger charge is 2.11. The van der Waals surface area contributed by atoms with Gasteiger partial charge in [0, 0.05) is 24.3 Å². The van der Waals surface area contributed by atoms with Gasteiger partial charge in [0.2, 0.25) is 0 Å². The Kier molecular flexibility index (Phi) is 6.62. The van der Waals surface area contributed by atoms with Crippen molar-refractivity contribution in [2.24, 2.45) is 0 Å². The fourth-order valence-electron chi connectivity index (χ4n) is 2.48. The van der Waals surface area contributed by atoms with Gasteiger partial charge in [-0.15, -0.1) is 10.2 Å². The van der Waals surface area contributed by atoms with E-state index in [4.69, 9.17) is 0 Å². The maximum absolute atomic E-state index is 12.3. The summed E-state index contributed by atoms with van der Waals surface area (Å²) in [5.74, 6) is 0.446. The van der Waals surface area contributed by atoms with E-state index in [0.29, 0.717) is 11.3 Å². The van der Waals surface area contributed by atoms with Crippen LogP contribution < -0.4 is 10.2 Å². The molecule has 0 atom stereocenters. The minimum atomic E-state index is -0.327. The molecule has 2 rings (SSSR count). The smallest absolute Gasteiger partial charge is 0.276 e. The lowest BCUT2D eigenvalue weighted by Crippen LogP contribution is -2.26. The van der Waals surface area contributed by atoms with Crippen molar-refractivity contribution >= 4 is 23.2 Å². The minimum absolute atomic E-state index is 0.0111. The molecule has 0 fully saturated rings. The van der Waals surface area contributed by atoms with Crippen LogP contribution in [0.5, 0.6) is 0 Å². The molecule has 25 heavy (non-hydrogen) atoms. The highest BCUT2D eigenvalue weighted by Crippen LogP contribution is 2.13. The van der Waals surface area contributed by atoms with Crippen LogP contribution in [0.4, 0.5) is 11.5 Å². The first kappa shape index (κ1) is 18.6. The zero-order valence-electron chi connectivity index (χ0n) is 15.0. The molecule has 1 heterocycles. The van der Waals surface area contributed by atoms with Gasteiger partial charge in [0.25, 0.3) is 5.91 Å². The largest absolute Gasteiger partial charge is 0.355 e. The zero-order valence-corrected chi connectivity index (χ0v) is 15.0. The van der Waals surface area contributed by atoms with Crippen LogP contribution in [0, 0.1) is 0 Å². The molecule has 0 unspecified atom stereocenters. The van der Waals surface area contributed by atoms with Crippen LogP contribution in [0.25, 0.3) is 0 Å². The first-order valence-electron chi connectivity index (χ1n) is 8.56. The molecule has 0 spiro atoms. The Labute approximate surface area is 148 Å². The van der Waals surface area contributed by atoms with Gasteiger partial charge < -0.3 is 10.2 Å². The first-order chi connectivity index (χ1) is 12.0. The number of anilines is 2. The van der Waals surface area contributed by atoms with E-state index >= 15 is 0 Å². The van der Waals surface area contributed by atoms with Crippen LogP contribution in [0.15, 0.2) is 36.4 Å².